The Morgan fingerprint density at radius 3 is 2.47 bits per heavy atom. The highest BCUT2D eigenvalue weighted by Crippen LogP contribution is 2.23. The first-order valence-corrected chi connectivity index (χ1v) is 8.29. The van der Waals surface area contributed by atoms with Gasteiger partial charge in [0.05, 0.1) is 0 Å². The molecule has 1 saturated carbocycles. The van der Waals surface area contributed by atoms with Gasteiger partial charge >= 0.3 is 0 Å². The van der Waals surface area contributed by atoms with E-state index in [1.54, 1.807) is 0 Å². The molecule has 1 amide bonds. The standard InChI is InChI=1S/C16H32N2O/c1-2-3-4-8-12-16(19)18(14-9-13-17)15-10-6-5-7-11-15/h15H,2-14,17H2,1H3. The molecule has 112 valence electrons. The van der Waals surface area contributed by atoms with Crippen molar-refractivity contribution in [1.29, 1.82) is 0 Å². The van der Waals surface area contributed by atoms with E-state index in [4.69, 9.17) is 5.73 Å². The molecule has 19 heavy (non-hydrogen) atoms. The maximum Gasteiger partial charge on any atom is 0.222 e. The van der Waals surface area contributed by atoms with Gasteiger partial charge in [0.1, 0.15) is 0 Å². The normalized spacial score (nSPS) is 16.5. The van der Waals surface area contributed by atoms with Crippen LogP contribution in [-0.4, -0.2) is 29.9 Å². The molecule has 0 unspecified atom stereocenters. The molecule has 1 fully saturated rings. The quantitative estimate of drug-likeness (QED) is 0.651. The number of amides is 1. The lowest BCUT2D eigenvalue weighted by Gasteiger charge is -2.34. The van der Waals surface area contributed by atoms with E-state index < -0.39 is 0 Å². The molecule has 0 atom stereocenters. The highest BCUT2D eigenvalue weighted by atomic mass is 16.2. The zero-order chi connectivity index (χ0) is 13.9. The average Bonchev–Trinajstić information content (AvgIpc) is 2.45. The fourth-order valence-electron chi connectivity index (χ4n) is 3.01. The second-order valence-corrected chi connectivity index (χ2v) is 5.83. The van der Waals surface area contributed by atoms with Gasteiger partial charge in [0.15, 0.2) is 0 Å². The van der Waals surface area contributed by atoms with Crippen LogP contribution >= 0.6 is 0 Å². The number of nitrogens with two attached hydrogens (primary N) is 1. The van der Waals surface area contributed by atoms with E-state index in [1.165, 1.54) is 51.4 Å². The molecule has 0 aliphatic heterocycles. The Kier molecular flexibility index (Phi) is 8.89. The smallest absolute Gasteiger partial charge is 0.222 e. The summed E-state index contributed by atoms with van der Waals surface area (Å²) in [5.41, 5.74) is 5.61. The van der Waals surface area contributed by atoms with Crippen molar-refractivity contribution in [3.8, 4) is 0 Å². The van der Waals surface area contributed by atoms with Crippen molar-refractivity contribution in [2.45, 2.75) is 83.6 Å². The van der Waals surface area contributed by atoms with Gasteiger partial charge in [0.2, 0.25) is 5.91 Å². The minimum absolute atomic E-state index is 0.372. The van der Waals surface area contributed by atoms with Crippen molar-refractivity contribution in [3.05, 3.63) is 0 Å². The highest BCUT2D eigenvalue weighted by Gasteiger charge is 2.24. The molecule has 0 radical (unpaired) electrons. The first-order chi connectivity index (χ1) is 9.29. The lowest BCUT2D eigenvalue weighted by molar-refractivity contribution is -0.134. The third kappa shape index (κ3) is 6.42. The Morgan fingerprint density at radius 1 is 1.11 bits per heavy atom. The van der Waals surface area contributed by atoms with Crippen LogP contribution in [0, 0.1) is 0 Å². The maximum atomic E-state index is 12.4. The van der Waals surface area contributed by atoms with E-state index in [0.717, 1.165) is 25.8 Å². The van der Waals surface area contributed by atoms with E-state index in [1.807, 2.05) is 0 Å². The molecule has 1 rings (SSSR count). The third-order valence-electron chi connectivity index (χ3n) is 4.18. The fraction of sp³-hybridized carbons (Fsp3) is 0.938. The lowest BCUT2D eigenvalue weighted by atomic mass is 9.93. The van der Waals surface area contributed by atoms with Crippen molar-refractivity contribution in [1.82, 2.24) is 4.90 Å². The second kappa shape index (κ2) is 10.2. The minimum Gasteiger partial charge on any atom is -0.340 e. The summed E-state index contributed by atoms with van der Waals surface area (Å²) < 4.78 is 0. The molecule has 3 heteroatoms. The third-order valence-corrected chi connectivity index (χ3v) is 4.18. The molecule has 0 spiro atoms. The van der Waals surface area contributed by atoms with Crippen LogP contribution in [0.1, 0.15) is 77.6 Å². The maximum absolute atomic E-state index is 12.4. The number of unbranched alkanes of at least 4 members (excludes halogenated alkanes) is 3. The van der Waals surface area contributed by atoms with Crippen LogP contribution in [0.4, 0.5) is 0 Å². The van der Waals surface area contributed by atoms with Gasteiger partial charge in [0.25, 0.3) is 0 Å². The molecule has 1 aliphatic carbocycles. The van der Waals surface area contributed by atoms with Crippen LogP contribution in [0.25, 0.3) is 0 Å². The second-order valence-electron chi connectivity index (χ2n) is 5.83. The summed E-state index contributed by atoms with van der Waals surface area (Å²) in [6, 6.07) is 0.499. The van der Waals surface area contributed by atoms with Crippen LogP contribution in [0.15, 0.2) is 0 Å². The van der Waals surface area contributed by atoms with E-state index >= 15 is 0 Å². The van der Waals surface area contributed by atoms with Crippen molar-refractivity contribution in [3.63, 3.8) is 0 Å². The number of carbonyl (C=O) groups excluding carboxylic acids is 1. The molecule has 3 nitrogen and oxygen atoms in total. The Balaban J connectivity index is 2.39. The number of rotatable bonds is 9. The molecule has 0 aromatic heterocycles. The van der Waals surface area contributed by atoms with E-state index in [-0.39, 0.29) is 0 Å². The lowest BCUT2D eigenvalue weighted by Crippen LogP contribution is -2.42. The van der Waals surface area contributed by atoms with Crippen LogP contribution in [0.5, 0.6) is 0 Å². The first kappa shape index (κ1) is 16.5. The van der Waals surface area contributed by atoms with Crippen LogP contribution in [-0.2, 0) is 4.79 Å². The van der Waals surface area contributed by atoms with Gasteiger partial charge in [-0.15, -0.1) is 0 Å². The fourth-order valence-corrected chi connectivity index (χ4v) is 3.01. The summed E-state index contributed by atoms with van der Waals surface area (Å²) in [4.78, 5) is 14.5. The summed E-state index contributed by atoms with van der Waals surface area (Å²) in [6.45, 7) is 3.76. The molecule has 2 N–H and O–H groups in total. The van der Waals surface area contributed by atoms with Crippen molar-refractivity contribution >= 4 is 5.91 Å². The molecule has 0 aromatic rings. The van der Waals surface area contributed by atoms with Gasteiger partial charge in [-0.25, -0.2) is 0 Å². The summed E-state index contributed by atoms with van der Waals surface area (Å²) in [6.07, 6.45) is 12.7. The van der Waals surface area contributed by atoms with Gasteiger partial charge in [-0.1, -0.05) is 45.4 Å². The molecule has 1 aliphatic rings. The minimum atomic E-state index is 0.372. The number of hydrogen-bond donors (Lipinski definition) is 1. The van der Waals surface area contributed by atoms with Crippen molar-refractivity contribution in [2.75, 3.05) is 13.1 Å². The van der Waals surface area contributed by atoms with E-state index in [0.29, 0.717) is 18.5 Å². The Hall–Kier alpha value is -0.570. The average molecular weight is 268 g/mol. The van der Waals surface area contributed by atoms with Crippen LogP contribution in [0.2, 0.25) is 0 Å². The summed E-state index contributed by atoms with van der Waals surface area (Å²) in [7, 11) is 0. The molecular formula is C16H32N2O. The zero-order valence-corrected chi connectivity index (χ0v) is 12.7. The summed E-state index contributed by atoms with van der Waals surface area (Å²) in [5, 5.41) is 0. The Labute approximate surface area is 118 Å². The Bertz CT molecular complexity index is 237. The first-order valence-electron chi connectivity index (χ1n) is 8.29. The van der Waals surface area contributed by atoms with E-state index in [9.17, 15) is 4.79 Å². The van der Waals surface area contributed by atoms with Gasteiger partial charge in [0, 0.05) is 19.0 Å². The SMILES string of the molecule is CCCCCCC(=O)N(CCCN)C1CCCCC1. The van der Waals surface area contributed by atoms with Gasteiger partial charge < -0.3 is 10.6 Å². The predicted molar refractivity (Wildman–Crippen MR) is 81.0 cm³/mol. The summed E-state index contributed by atoms with van der Waals surface area (Å²) >= 11 is 0. The topological polar surface area (TPSA) is 46.3 Å². The van der Waals surface area contributed by atoms with E-state index in [2.05, 4.69) is 11.8 Å². The van der Waals surface area contributed by atoms with Gasteiger partial charge in [-0.05, 0) is 32.2 Å². The largest absolute Gasteiger partial charge is 0.340 e. The van der Waals surface area contributed by atoms with Crippen molar-refractivity contribution in [2.24, 2.45) is 5.73 Å². The number of hydrogen-bond acceptors (Lipinski definition) is 2. The van der Waals surface area contributed by atoms with Crippen LogP contribution < -0.4 is 5.73 Å². The monoisotopic (exact) mass is 268 g/mol. The summed E-state index contributed by atoms with van der Waals surface area (Å²) in [5.74, 6) is 0.372. The molecule has 0 aromatic carbocycles. The molecule has 0 heterocycles. The van der Waals surface area contributed by atoms with Crippen LogP contribution in [0.3, 0.4) is 0 Å². The van der Waals surface area contributed by atoms with Crippen molar-refractivity contribution < 1.29 is 4.79 Å². The Morgan fingerprint density at radius 2 is 1.84 bits per heavy atom. The molecule has 0 saturated heterocycles. The van der Waals surface area contributed by atoms with Gasteiger partial charge in [-0.2, -0.15) is 0 Å². The molecular weight excluding hydrogens is 236 g/mol. The number of nitrogens with zero attached hydrogens (tertiary/aromatic N) is 1. The van der Waals surface area contributed by atoms with Gasteiger partial charge in [-0.3, -0.25) is 4.79 Å². The highest BCUT2D eigenvalue weighted by molar-refractivity contribution is 5.76. The zero-order valence-electron chi connectivity index (χ0n) is 12.7. The number of carbonyl (C=O) groups is 1. The predicted octanol–water partition coefficient (Wildman–Crippen LogP) is 3.47. The molecule has 0 bridgehead atoms.